The zero-order valence-corrected chi connectivity index (χ0v) is 18.9. The molecule has 3 unspecified atom stereocenters. The van der Waals surface area contributed by atoms with Crippen LogP contribution in [-0.4, -0.2) is 39.0 Å². The lowest BCUT2D eigenvalue weighted by molar-refractivity contribution is -0.217. The number of hydrogen-bond acceptors (Lipinski definition) is 4. The van der Waals surface area contributed by atoms with Gasteiger partial charge in [0.2, 0.25) is 0 Å². The number of ketones is 1. The van der Waals surface area contributed by atoms with E-state index in [-0.39, 0.29) is 35.7 Å². The van der Waals surface area contributed by atoms with Crippen molar-refractivity contribution in [2.45, 2.75) is 78.9 Å². The summed E-state index contributed by atoms with van der Waals surface area (Å²) < 4.78 is 17.7. The Bertz CT molecular complexity index is 616. The standard InChI is InChI=1S/C24H40O4/c1-8-11-22(4)14-19(28-15-26-6)23(5)16(2)9-12-24(17(3)21(22)25)13-10-18(27-7)20(23)24/h8,11,16-20H,9-10,12-15H2,1-7H3/t16?,17-,18+,19+,20?,22+,23-,24?/m0/s1. The number of carbonyl (C=O) groups excluding carboxylic acids is 1. The summed E-state index contributed by atoms with van der Waals surface area (Å²) in [7, 11) is 3.51. The van der Waals surface area contributed by atoms with Crippen molar-refractivity contribution >= 4 is 5.78 Å². The second-order valence-electron chi connectivity index (χ2n) is 10.1. The molecule has 3 fully saturated rings. The Hall–Kier alpha value is -0.710. The normalized spacial score (nSPS) is 49.1. The highest BCUT2D eigenvalue weighted by Gasteiger charge is 2.67. The van der Waals surface area contributed by atoms with E-state index in [1.54, 1.807) is 7.11 Å². The molecule has 0 aliphatic heterocycles. The van der Waals surface area contributed by atoms with Crippen LogP contribution in [0.1, 0.15) is 66.7 Å². The van der Waals surface area contributed by atoms with E-state index in [1.807, 2.05) is 20.1 Å². The van der Waals surface area contributed by atoms with Crippen LogP contribution in [0.25, 0.3) is 0 Å². The first-order valence-corrected chi connectivity index (χ1v) is 11.0. The van der Waals surface area contributed by atoms with Gasteiger partial charge in [-0.2, -0.15) is 0 Å². The first kappa shape index (κ1) is 22.0. The largest absolute Gasteiger partial charge is 0.381 e. The van der Waals surface area contributed by atoms with Gasteiger partial charge in [0, 0.05) is 31.0 Å². The van der Waals surface area contributed by atoms with Gasteiger partial charge in [-0.25, -0.2) is 0 Å². The average molecular weight is 393 g/mol. The fourth-order valence-corrected chi connectivity index (χ4v) is 7.35. The molecule has 3 aliphatic rings. The van der Waals surface area contributed by atoms with Crippen LogP contribution in [-0.2, 0) is 19.0 Å². The van der Waals surface area contributed by atoms with Crippen molar-refractivity contribution in [3.63, 3.8) is 0 Å². The summed E-state index contributed by atoms with van der Waals surface area (Å²) in [6.07, 6.45) is 9.38. The third-order valence-corrected chi connectivity index (χ3v) is 9.01. The van der Waals surface area contributed by atoms with Gasteiger partial charge in [-0.15, -0.1) is 0 Å². The molecular formula is C24H40O4. The minimum atomic E-state index is -0.506. The summed E-state index contributed by atoms with van der Waals surface area (Å²) in [4.78, 5) is 13.9. The van der Waals surface area contributed by atoms with Crippen molar-refractivity contribution in [2.75, 3.05) is 21.0 Å². The van der Waals surface area contributed by atoms with Gasteiger partial charge < -0.3 is 14.2 Å². The molecular weight excluding hydrogens is 352 g/mol. The van der Waals surface area contributed by atoms with E-state index in [2.05, 4.69) is 33.8 Å². The number of Topliss-reactive ketones (excluding diaryl/α,β-unsaturated/α-hetero) is 1. The second-order valence-corrected chi connectivity index (χ2v) is 10.1. The third kappa shape index (κ3) is 3.02. The maximum atomic E-state index is 13.9. The summed E-state index contributed by atoms with van der Waals surface area (Å²) in [5, 5.41) is 0. The number of rotatable bonds is 5. The first-order valence-electron chi connectivity index (χ1n) is 11.0. The van der Waals surface area contributed by atoms with Crippen LogP contribution in [0, 0.1) is 34.0 Å². The molecule has 0 aromatic carbocycles. The van der Waals surface area contributed by atoms with Gasteiger partial charge in [-0.3, -0.25) is 4.79 Å². The molecule has 0 spiro atoms. The predicted octanol–water partition coefficient (Wildman–Crippen LogP) is 5.01. The molecule has 3 rings (SSSR count). The van der Waals surface area contributed by atoms with Gasteiger partial charge >= 0.3 is 0 Å². The fourth-order valence-electron chi connectivity index (χ4n) is 7.35. The van der Waals surface area contributed by atoms with Crippen LogP contribution in [0.4, 0.5) is 0 Å². The average Bonchev–Trinajstić information content (AvgIpc) is 3.07. The smallest absolute Gasteiger partial charge is 0.146 e. The topological polar surface area (TPSA) is 44.8 Å². The van der Waals surface area contributed by atoms with Crippen molar-refractivity contribution in [2.24, 2.45) is 34.0 Å². The Kier molecular flexibility index (Phi) is 6.16. The molecule has 28 heavy (non-hydrogen) atoms. The van der Waals surface area contributed by atoms with Crippen LogP contribution in [0.3, 0.4) is 0 Å². The van der Waals surface area contributed by atoms with E-state index >= 15 is 0 Å². The van der Waals surface area contributed by atoms with Crippen LogP contribution in [0.2, 0.25) is 0 Å². The van der Waals surface area contributed by atoms with Crippen LogP contribution < -0.4 is 0 Å². The van der Waals surface area contributed by atoms with E-state index in [0.29, 0.717) is 24.0 Å². The maximum Gasteiger partial charge on any atom is 0.146 e. The summed E-state index contributed by atoms with van der Waals surface area (Å²) in [6, 6.07) is 0. The van der Waals surface area contributed by atoms with Crippen LogP contribution in [0.15, 0.2) is 12.2 Å². The van der Waals surface area contributed by atoms with Gasteiger partial charge in [0.25, 0.3) is 0 Å². The highest BCUT2D eigenvalue weighted by Crippen LogP contribution is 2.68. The molecule has 3 aliphatic carbocycles. The van der Waals surface area contributed by atoms with Crippen molar-refractivity contribution in [3.05, 3.63) is 12.2 Å². The highest BCUT2D eigenvalue weighted by atomic mass is 16.7. The Balaban J connectivity index is 2.20. The summed E-state index contributed by atoms with van der Waals surface area (Å²) in [6.45, 7) is 11.4. The molecule has 0 saturated heterocycles. The van der Waals surface area contributed by atoms with Crippen molar-refractivity contribution in [3.8, 4) is 0 Å². The quantitative estimate of drug-likeness (QED) is 0.487. The number of hydrogen-bond donors (Lipinski definition) is 0. The lowest BCUT2D eigenvalue weighted by Crippen LogP contribution is -2.62. The lowest BCUT2D eigenvalue weighted by Gasteiger charge is -2.62. The fraction of sp³-hybridized carbons (Fsp3) is 0.875. The molecule has 160 valence electrons. The van der Waals surface area contributed by atoms with Gasteiger partial charge in [-0.05, 0) is 63.2 Å². The summed E-state index contributed by atoms with van der Waals surface area (Å²) in [5.41, 5.74) is -0.545. The van der Waals surface area contributed by atoms with E-state index in [0.717, 1.165) is 25.7 Å². The van der Waals surface area contributed by atoms with E-state index in [1.165, 1.54) is 0 Å². The number of carbonyl (C=O) groups is 1. The SMILES string of the molecule is CC=C[C@]1(C)C[C@@H](OCOC)[C@]2(C)C(C)CCC3(CC[C@@H](OC)C32)[C@@H](C)C1=O. The van der Waals surface area contributed by atoms with Crippen LogP contribution >= 0.6 is 0 Å². The Labute approximate surface area is 171 Å². The number of methoxy groups -OCH3 is 2. The van der Waals surface area contributed by atoms with E-state index in [4.69, 9.17) is 14.2 Å². The van der Waals surface area contributed by atoms with Crippen molar-refractivity contribution in [1.29, 1.82) is 0 Å². The van der Waals surface area contributed by atoms with Crippen LogP contribution in [0.5, 0.6) is 0 Å². The molecule has 2 bridgehead atoms. The Morgan fingerprint density at radius 1 is 1.14 bits per heavy atom. The first-order chi connectivity index (χ1) is 13.2. The molecule has 0 aromatic rings. The molecule has 0 heterocycles. The highest BCUT2D eigenvalue weighted by molar-refractivity contribution is 5.89. The van der Waals surface area contributed by atoms with E-state index in [9.17, 15) is 4.79 Å². The molecule has 3 saturated carbocycles. The summed E-state index contributed by atoms with van der Waals surface area (Å²) in [5.74, 6) is 1.26. The lowest BCUT2D eigenvalue weighted by atomic mass is 9.44. The Morgan fingerprint density at radius 2 is 1.82 bits per heavy atom. The van der Waals surface area contributed by atoms with Gasteiger partial charge in [0.15, 0.2) is 0 Å². The maximum absolute atomic E-state index is 13.9. The minimum Gasteiger partial charge on any atom is -0.381 e. The van der Waals surface area contributed by atoms with Gasteiger partial charge in [-0.1, -0.05) is 32.9 Å². The zero-order valence-electron chi connectivity index (χ0n) is 18.9. The molecule has 4 nitrogen and oxygen atoms in total. The Morgan fingerprint density at radius 3 is 2.43 bits per heavy atom. The zero-order chi connectivity index (χ0) is 20.7. The third-order valence-electron chi connectivity index (χ3n) is 9.01. The second kappa shape index (κ2) is 7.85. The van der Waals surface area contributed by atoms with Crippen molar-refractivity contribution < 1.29 is 19.0 Å². The minimum absolute atomic E-state index is 0.0109. The molecule has 8 atom stereocenters. The monoisotopic (exact) mass is 392 g/mol. The summed E-state index contributed by atoms with van der Waals surface area (Å²) >= 11 is 0. The van der Waals surface area contributed by atoms with Gasteiger partial charge in [0.1, 0.15) is 12.6 Å². The molecule has 0 radical (unpaired) electrons. The molecule has 0 aromatic heterocycles. The molecule has 0 amide bonds. The van der Waals surface area contributed by atoms with Gasteiger partial charge in [0.05, 0.1) is 12.2 Å². The molecule has 0 N–H and O–H groups in total. The molecule has 4 heteroatoms. The predicted molar refractivity (Wildman–Crippen MR) is 111 cm³/mol. The number of allylic oxidation sites excluding steroid dienone is 2. The van der Waals surface area contributed by atoms with E-state index < -0.39 is 5.41 Å². The van der Waals surface area contributed by atoms with Crippen molar-refractivity contribution in [1.82, 2.24) is 0 Å². The number of ether oxygens (including phenoxy) is 3.